The molecular formula is C18H13BrN4. The predicted molar refractivity (Wildman–Crippen MR) is 94.0 cm³/mol. The van der Waals surface area contributed by atoms with Crippen molar-refractivity contribution in [3.63, 3.8) is 0 Å². The second-order valence-corrected chi connectivity index (χ2v) is 6.20. The number of halogens is 1. The Labute approximate surface area is 141 Å². The van der Waals surface area contributed by atoms with E-state index in [2.05, 4.69) is 61.7 Å². The van der Waals surface area contributed by atoms with Crippen molar-refractivity contribution in [3.8, 4) is 11.4 Å². The summed E-state index contributed by atoms with van der Waals surface area (Å²) in [6.45, 7) is 0.602. The number of rotatable bonds is 3. The first-order valence-corrected chi connectivity index (χ1v) is 8.09. The molecular weight excluding hydrogens is 352 g/mol. The first kappa shape index (κ1) is 14.1. The van der Waals surface area contributed by atoms with Crippen molar-refractivity contribution in [1.82, 2.24) is 20.2 Å². The highest BCUT2D eigenvalue weighted by Gasteiger charge is 2.07. The zero-order valence-corrected chi connectivity index (χ0v) is 13.8. The molecule has 0 saturated carbocycles. The van der Waals surface area contributed by atoms with Gasteiger partial charge in [-0.1, -0.05) is 58.4 Å². The van der Waals surface area contributed by atoms with E-state index < -0.39 is 0 Å². The molecule has 4 nitrogen and oxygen atoms in total. The molecule has 4 rings (SSSR count). The van der Waals surface area contributed by atoms with E-state index in [1.54, 1.807) is 4.80 Å². The van der Waals surface area contributed by atoms with Gasteiger partial charge in [-0.3, -0.25) is 0 Å². The second kappa shape index (κ2) is 5.93. The van der Waals surface area contributed by atoms with Crippen LogP contribution in [0.1, 0.15) is 5.56 Å². The zero-order chi connectivity index (χ0) is 15.6. The highest BCUT2D eigenvalue weighted by molar-refractivity contribution is 9.10. The number of hydrogen-bond acceptors (Lipinski definition) is 3. The summed E-state index contributed by atoms with van der Waals surface area (Å²) in [5.41, 5.74) is 2.14. The number of hydrogen-bond donors (Lipinski definition) is 0. The smallest absolute Gasteiger partial charge is 0.159 e. The molecule has 5 heteroatoms. The lowest BCUT2D eigenvalue weighted by molar-refractivity contribution is 0.575. The Morgan fingerprint density at radius 2 is 1.65 bits per heavy atom. The van der Waals surface area contributed by atoms with Crippen LogP contribution in [0.3, 0.4) is 0 Å². The van der Waals surface area contributed by atoms with Gasteiger partial charge in [-0.05, 0) is 45.8 Å². The van der Waals surface area contributed by atoms with E-state index in [9.17, 15) is 0 Å². The van der Waals surface area contributed by atoms with Crippen LogP contribution >= 0.6 is 15.9 Å². The first-order valence-electron chi connectivity index (χ1n) is 7.30. The quantitative estimate of drug-likeness (QED) is 0.544. The summed E-state index contributed by atoms with van der Waals surface area (Å²) in [7, 11) is 0. The fourth-order valence-corrected chi connectivity index (χ4v) is 2.87. The summed E-state index contributed by atoms with van der Waals surface area (Å²) in [6.07, 6.45) is 0. The van der Waals surface area contributed by atoms with Crippen molar-refractivity contribution < 1.29 is 0 Å². The van der Waals surface area contributed by atoms with E-state index in [1.165, 1.54) is 16.3 Å². The van der Waals surface area contributed by atoms with Gasteiger partial charge in [0.2, 0.25) is 5.82 Å². The minimum absolute atomic E-state index is 0.602. The highest BCUT2D eigenvalue weighted by Crippen LogP contribution is 2.20. The lowest BCUT2D eigenvalue weighted by atomic mass is 10.1. The second-order valence-electron chi connectivity index (χ2n) is 5.29. The molecule has 0 saturated heterocycles. The van der Waals surface area contributed by atoms with Crippen LogP contribution in [0.15, 0.2) is 71.2 Å². The van der Waals surface area contributed by atoms with Gasteiger partial charge in [0.05, 0.1) is 6.54 Å². The number of benzene rings is 3. The molecule has 0 radical (unpaired) electrons. The van der Waals surface area contributed by atoms with E-state index in [-0.39, 0.29) is 0 Å². The summed E-state index contributed by atoms with van der Waals surface area (Å²) in [6, 6.07) is 22.5. The molecule has 23 heavy (non-hydrogen) atoms. The van der Waals surface area contributed by atoms with Crippen LogP contribution in [0, 0.1) is 0 Å². The monoisotopic (exact) mass is 364 g/mol. The Balaban J connectivity index is 1.66. The molecule has 0 unspecified atom stereocenters. The number of aromatic nitrogens is 4. The van der Waals surface area contributed by atoms with Gasteiger partial charge in [0, 0.05) is 10.0 Å². The fourth-order valence-electron chi connectivity index (χ4n) is 2.61. The van der Waals surface area contributed by atoms with Gasteiger partial charge in [-0.25, -0.2) is 0 Å². The number of nitrogens with zero attached hydrogens (tertiary/aromatic N) is 4. The zero-order valence-electron chi connectivity index (χ0n) is 12.2. The van der Waals surface area contributed by atoms with Crippen LogP contribution < -0.4 is 0 Å². The van der Waals surface area contributed by atoms with Crippen LogP contribution in [0.25, 0.3) is 22.2 Å². The summed E-state index contributed by atoms with van der Waals surface area (Å²) < 4.78 is 1.03. The predicted octanol–water partition coefficient (Wildman–Crippen LogP) is 4.30. The third-order valence-corrected chi connectivity index (χ3v) is 4.28. The summed E-state index contributed by atoms with van der Waals surface area (Å²) in [5.74, 6) is 0.637. The lowest BCUT2D eigenvalue weighted by Gasteiger charge is -2.05. The molecule has 4 aromatic rings. The molecule has 0 spiro atoms. The maximum atomic E-state index is 4.49. The van der Waals surface area contributed by atoms with Gasteiger partial charge < -0.3 is 0 Å². The van der Waals surface area contributed by atoms with E-state index >= 15 is 0 Å². The van der Waals surface area contributed by atoms with Gasteiger partial charge in [0.25, 0.3) is 0 Å². The van der Waals surface area contributed by atoms with Gasteiger partial charge >= 0.3 is 0 Å². The SMILES string of the molecule is Brc1ccc(-c2nnn(Cc3cccc4ccccc34)n2)cc1. The summed E-state index contributed by atoms with van der Waals surface area (Å²) >= 11 is 3.43. The lowest BCUT2D eigenvalue weighted by Crippen LogP contribution is -2.04. The van der Waals surface area contributed by atoms with Crippen LogP contribution in [-0.2, 0) is 6.54 Å². The van der Waals surface area contributed by atoms with Gasteiger partial charge in [0.15, 0.2) is 0 Å². The molecule has 3 aromatic carbocycles. The van der Waals surface area contributed by atoms with Crippen LogP contribution in [0.2, 0.25) is 0 Å². The van der Waals surface area contributed by atoms with Crippen molar-refractivity contribution in [2.24, 2.45) is 0 Å². The summed E-state index contributed by atoms with van der Waals surface area (Å²) in [4.78, 5) is 1.64. The van der Waals surface area contributed by atoms with Crippen molar-refractivity contribution in [2.45, 2.75) is 6.54 Å². The Morgan fingerprint density at radius 1 is 0.870 bits per heavy atom. The molecule has 0 aliphatic rings. The molecule has 1 aromatic heterocycles. The van der Waals surface area contributed by atoms with Crippen molar-refractivity contribution in [1.29, 1.82) is 0 Å². The molecule has 112 valence electrons. The molecule has 1 heterocycles. The molecule has 0 aliphatic heterocycles. The molecule has 0 N–H and O–H groups in total. The van der Waals surface area contributed by atoms with E-state index in [4.69, 9.17) is 0 Å². The normalized spacial score (nSPS) is 11.0. The van der Waals surface area contributed by atoms with Crippen molar-refractivity contribution in [2.75, 3.05) is 0 Å². The Morgan fingerprint density at radius 3 is 2.52 bits per heavy atom. The van der Waals surface area contributed by atoms with Gasteiger partial charge in [0.1, 0.15) is 0 Å². The van der Waals surface area contributed by atoms with Crippen LogP contribution in [0.4, 0.5) is 0 Å². The van der Waals surface area contributed by atoms with E-state index in [0.29, 0.717) is 12.4 Å². The maximum Gasteiger partial charge on any atom is 0.204 e. The first-order chi connectivity index (χ1) is 11.3. The van der Waals surface area contributed by atoms with E-state index in [1.807, 2.05) is 36.4 Å². The number of fused-ring (bicyclic) bond motifs is 1. The topological polar surface area (TPSA) is 43.6 Å². The van der Waals surface area contributed by atoms with Crippen molar-refractivity contribution in [3.05, 3.63) is 76.8 Å². The van der Waals surface area contributed by atoms with Crippen molar-refractivity contribution >= 4 is 26.7 Å². The van der Waals surface area contributed by atoms with Gasteiger partial charge in [-0.15, -0.1) is 10.2 Å². The van der Waals surface area contributed by atoms with Crippen LogP contribution in [0.5, 0.6) is 0 Å². The standard InChI is InChI=1S/C18H13BrN4/c19-16-10-8-14(9-11-16)18-20-22-23(21-18)12-15-6-3-5-13-4-1-2-7-17(13)15/h1-11H,12H2. The Bertz CT molecular complexity index is 955. The maximum absolute atomic E-state index is 4.49. The fraction of sp³-hybridized carbons (Fsp3) is 0.0556. The average Bonchev–Trinajstić information content (AvgIpc) is 3.04. The molecule has 0 fully saturated rings. The minimum Gasteiger partial charge on any atom is -0.159 e. The third-order valence-electron chi connectivity index (χ3n) is 3.75. The largest absolute Gasteiger partial charge is 0.204 e. The number of tetrazole rings is 1. The van der Waals surface area contributed by atoms with E-state index in [0.717, 1.165) is 10.0 Å². The Kier molecular flexibility index (Phi) is 3.63. The highest BCUT2D eigenvalue weighted by atomic mass is 79.9. The molecule has 0 aliphatic carbocycles. The molecule has 0 bridgehead atoms. The Hall–Kier alpha value is -2.53. The molecule has 0 atom stereocenters. The minimum atomic E-state index is 0.602. The van der Waals surface area contributed by atoms with Gasteiger partial charge in [-0.2, -0.15) is 4.80 Å². The average molecular weight is 365 g/mol. The molecule has 0 amide bonds. The summed E-state index contributed by atoms with van der Waals surface area (Å²) in [5, 5.41) is 15.3. The van der Waals surface area contributed by atoms with Crippen LogP contribution in [-0.4, -0.2) is 20.2 Å². The third kappa shape index (κ3) is 2.87.